The maximum atomic E-state index is 11.8. The molecule has 0 spiro atoms. The maximum absolute atomic E-state index is 11.8. The zero-order chi connectivity index (χ0) is 14.4. The predicted octanol–water partition coefficient (Wildman–Crippen LogP) is 1.65. The molecule has 0 fully saturated rings. The van der Waals surface area contributed by atoms with E-state index in [9.17, 15) is 9.59 Å². The van der Waals surface area contributed by atoms with Gasteiger partial charge in [0, 0.05) is 11.7 Å². The van der Waals surface area contributed by atoms with Gasteiger partial charge >= 0.3 is 5.97 Å². The van der Waals surface area contributed by atoms with E-state index in [1.54, 1.807) is 18.2 Å². The molecule has 0 saturated heterocycles. The molecule has 0 aromatic heterocycles. The molecule has 0 unspecified atom stereocenters. The Kier molecular flexibility index (Phi) is 5.36. The van der Waals surface area contributed by atoms with Gasteiger partial charge in [0.1, 0.15) is 6.61 Å². The highest BCUT2D eigenvalue weighted by Gasteiger charge is 2.12. The number of nitrogens with one attached hydrogen (secondary N) is 1. The molecule has 1 amide bonds. The Bertz CT molecular complexity index is 470. The number of nitrogen functional groups attached to an aromatic ring is 1. The third-order valence-corrected chi connectivity index (χ3v) is 2.49. The van der Waals surface area contributed by atoms with Crippen LogP contribution in [-0.2, 0) is 9.53 Å². The van der Waals surface area contributed by atoms with Crippen LogP contribution in [0.15, 0.2) is 18.2 Å². The summed E-state index contributed by atoms with van der Waals surface area (Å²) in [5.74, 6) is -0.589. The van der Waals surface area contributed by atoms with Crippen LogP contribution in [0.2, 0.25) is 0 Å². The lowest BCUT2D eigenvalue weighted by molar-refractivity contribution is -0.122. The SMILES string of the molecule is Cc1ccc(N)cc1C(=O)OCCC(=O)NC(C)C. The molecule has 1 aromatic rings. The summed E-state index contributed by atoms with van der Waals surface area (Å²) in [5.41, 5.74) is 7.37. The van der Waals surface area contributed by atoms with E-state index in [2.05, 4.69) is 5.32 Å². The van der Waals surface area contributed by atoms with E-state index >= 15 is 0 Å². The summed E-state index contributed by atoms with van der Waals surface area (Å²) in [6.45, 7) is 5.62. The summed E-state index contributed by atoms with van der Waals surface area (Å²) in [7, 11) is 0. The quantitative estimate of drug-likeness (QED) is 0.626. The van der Waals surface area contributed by atoms with Crippen LogP contribution in [0.3, 0.4) is 0 Å². The first-order chi connectivity index (χ1) is 8.90. The number of ether oxygens (including phenoxy) is 1. The molecule has 0 aliphatic heterocycles. The van der Waals surface area contributed by atoms with Gasteiger partial charge in [0.2, 0.25) is 5.91 Å². The third kappa shape index (κ3) is 4.99. The number of esters is 1. The Morgan fingerprint density at radius 2 is 2.05 bits per heavy atom. The highest BCUT2D eigenvalue weighted by atomic mass is 16.5. The topological polar surface area (TPSA) is 81.4 Å². The Balaban J connectivity index is 2.48. The number of carbonyl (C=O) groups is 2. The van der Waals surface area contributed by atoms with Crippen molar-refractivity contribution in [3.8, 4) is 0 Å². The van der Waals surface area contributed by atoms with Crippen LogP contribution in [0, 0.1) is 6.92 Å². The fraction of sp³-hybridized carbons (Fsp3) is 0.429. The van der Waals surface area contributed by atoms with Gasteiger partial charge in [-0.2, -0.15) is 0 Å². The molecule has 0 aliphatic carbocycles. The molecule has 0 aliphatic rings. The Hall–Kier alpha value is -2.04. The molecule has 0 saturated carbocycles. The van der Waals surface area contributed by atoms with Crippen molar-refractivity contribution in [2.45, 2.75) is 33.2 Å². The third-order valence-electron chi connectivity index (χ3n) is 2.49. The van der Waals surface area contributed by atoms with Crippen LogP contribution in [0.4, 0.5) is 5.69 Å². The summed E-state index contributed by atoms with van der Waals surface area (Å²) in [4.78, 5) is 23.2. The van der Waals surface area contributed by atoms with Gasteiger partial charge in [-0.05, 0) is 38.5 Å². The molecule has 0 radical (unpaired) electrons. The van der Waals surface area contributed by atoms with E-state index in [-0.39, 0.29) is 25.0 Å². The smallest absolute Gasteiger partial charge is 0.338 e. The first-order valence-electron chi connectivity index (χ1n) is 6.22. The van der Waals surface area contributed by atoms with Crippen molar-refractivity contribution in [1.29, 1.82) is 0 Å². The lowest BCUT2D eigenvalue weighted by Gasteiger charge is -2.10. The van der Waals surface area contributed by atoms with E-state index in [0.717, 1.165) is 5.56 Å². The van der Waals surface area contributed by atoms with E-state index in [1.165, 1.54) is 0 Å². The van der Waals surface area contributed by atoms with E-state index in [0.29, 0.717) is 11.3 Å². The average Bonchev–Trinajstić information content (AvgIpc) is 2.31. The van der Waals surface area contributed by atoms with Crippen molar-refractivity contribution in [2.24, 2.45) is 0 Å². The number of rotatable bonds is 5. The number of nitrogens with two attached hydrogens (primary N) is 1. The number of hydrogen-bond donors (Lipinski definition) is 2. The highest BCUT2D eigenvalue weighted by Crippen LogP contribution is 2.13. The van der Waals surface area contributed by atoms with Crippen molar-refractivity contribution < 1.29 is 14.3 Å². The lowest BCUT2D eigenvalue weighted by Crippen LogP contribution is -2.31. The normalized spacial score (nSPS) is 10.3. The van der Waals surface area contributed by atoms with Crippen LogP contribution in [-0.4, -0.2) is 24.5 Å². The zero-order valence-corrected chi connectivity index (χ0v) is 11.5. The first-order valence-corrected chi connectivity index (χ1v) is 6.22. The second kappa shape index (κ2) is 6.78. The van der Waals surface area contributed by atoms with Crippen molar-refractivity contribution in [1.82, 2.24) is 5.32 Å². The summed E-state index contributed by atoms with van der Waals surface area (Å²) in [5, 5.41) is 2.73. The van der Waals surface area contributed by atoms with Crippen LogP contribution in [0.1, 0.15) is 36.2 Å². The number of aryl methyl sites for hydroxylation is 1. The minimum absolute atomic E-state index is 0.0611. The van der Waals surface area contributed by atoms with Gasteiger partial charge in [-0.3, -0.25) is 4.79 Å². The molecule has 0 atom stereocenters. The van der Waals surface area contributed by atoms with Crippen molar-refractivity contribution >= 4 is 17.6 Å². The number of amides is 1. The molecular weight excluding hydrogens is 244 g/mol. The summed E-state index contributed by atoms with van der Waals surface area (Å²) < 4.78 is 5.06. The largest absolute Gasteiger partial charge is 0.462 e. The van der Waals surface area contributed by atoms with Crippen LogP contribution in [0.5, 0.6) is 0 Å². The maximum Gasteiger partial charge on any atom is 0.338 e. The predicted molar refractivity (Wildman–Crippen MR) is 73.8 cm³/mol. The average molecular weight is 264 g/mol. The molecule has 0 bridgehead atoms. The highest BCUT2D eigenvalue weighted by molar-refractivity contribution is 5.92. The van der Waals surface area contributed by atoms with Crippen LogP contribution >= 0.6 is 0 Å². The molecule has 5 heteroatoms. The van der Waals surface area contributed by atoms with Crippen LogP contribution in [0.25, 0.3) is 0 Å². The van der Waals surface area contributed by atoms with Gasteiger partial charge in [0.05, 0.1) is 12.0 Å². The van der Waals surface area contributed by atoms with Gasteiger partial charge in [-0.25, -0.2) is 4.79 Å². The van der Waals surface area contributed by atoms with Crippen molar-refractivity contribution in [3.63, 3.8) is 0 Å². The number of carbonyl (C=O) groups excluding carboxylic acids is 2. The lowest BCUT2D eigenvalue weighted by atomic mass is 10.1. The summed E-state index contributed by atoms with van der Waals surface area (Å²) >= 11 is 0. The molecule has 0 heterocycles. The van der Waals surface area contributed by atoms with E-state index in [4.69, 9.17) is 10.5 Å². The Morgan fingerprint density at radius 3 is 2.68 bits per heavy atom. The number of benzene rings is 1. The Labute approximate surface area is 113 Å². The standard InChI is InChI=1S/C14H20N2O3/c1-9(2)16-13(17)6-7-19-14(18)12-8-11(15)5-4-10(12)3/h4-5,8-9H,6-7,15H2,1-3H3,(H,16,17). The van der Waals surface area contributed by atoms with Gasteiger partial charge in [-0.1, -0.05) is 6.07 Å². The van der Waals surface area contributed by atoms with E-state index < -0.39 is 5.97 Å². The fourth-order valence-electron chi connectivity index (χ4n) is 1.57. The van der Waals surface area contributed by atoms with Gasteiger partial charge in [0.15, 0.2) is 0 Å². The molecular formula is C14H20N2O3. The number of anilines is 1. The molecule has 5 nitrogen and oxygen atoms in total. The molecule has 104 valence electrons. The second-order valence-electron chi connectivity index (χ2n) is 4.68. The van der Waals surface area contributed by atoms with Crippen molar-refractivity contribution in [3.05, 3.63) is 29.3 Å². The Morgan fingerprint density at radius 1 is 1.37 bits per heavy atom. The molecule has 1 aromatic carbocycles. The summed E-state index contributed by atoms with van der Waals surface area (Å²) in [6, 6.07) is 5.14. The second-order valence-corrected chi connectivity index (χ2v) is 4.68. The fourth-order valence-corrected chi connectivity index (χ4v) is 1.57. The van der Waals surface area contributed by atoms with Gasteiger partial charge in [0.25, 0.3) is 0 Å². The zero-order valence-electron chi connectivity index (χ0n) is 11.5. The first kappa shape index (κ1) is 15.0. The monoisotopic (exact) mass is 264 g/mol. The van der Waals surface area contributed by atoms with Crippen LogP contribution < -0.4 is 11.1 Å². The van der Waals surface area contributed by atoms with E-state index in [1.807, 2.05) is 20.8 Å². The van der Waals surface area contributed by atoms with Crippen molar-refractivity contribution in [2.75, 3.05) is 12.3 Å². The minimum Gasteiger partial charge on any atom is -0.462 e. The summed E-state index contributed by atoms with van der Waals surface area (Å²) in [6.07, 6.45) is 0.158. The van der Waals surface area contributed by atoms with Gasteiger partial charge < -0.3 is 15.8 Å². The molecule has 19 heavy (non-hydrogen) atoms. The molecule has 3 N–H and O–H groups in total. The minimum atomic E-state index is -0.456. The van der Waals surface area contributed by atoms with Gasteiger partial charge in [-0.15, -0.1) is 0 Å². The molecule has 1 rings (SSSR count). The number of hydrogen-bond acceptors (Lipinski definition) is 4.